The predicted molar refractivity (Wildman–Crippen MR) is 79.5 cm³/mol. The van der Waals surface area contributed by atoms with Crippen molar-refractivity contribution in [2.24, 2.45) is 16.6 Å². The highest BCUT2D eigenvalue weighted by molar-refractivity contribution is 5.77. The lowest BCUT2D eigenvalue weighted by atomic mass is 10.2. The quantitative estimate of drug-likeness (QED) is 0.635. The number of rotatable bonds is 5. The van der Waals surface area contributed by atoms with E-state index in [0.29, 0.717) is 18.4 Å². The second kappa shape index (κ2) is 6.70. The summed E-state index contributed by atoms with van der Waals surface area (Å²) in [5.74, 6) is 1.81. The second-order valence-electron chi connectivity index (χ2n) is 4.93. The highest BCUT2D eigenvalue weighted by atomic mass is 15.1. The van der Waals surface area contributed by atoms with Crippen molar-refractivity contribution in [1.82, 2.24) is 19.9 Å². The summed E-state index contributed by atoms with van der Waals surface area (Å²) >= 11 is 0. The molecule has 0 radical (unpaired) electrons. The molecule has 0 aliphatic carbocycles. The van der Waals surface area contributed by atoms with Crippen LogP contribution in [0, 0.1) is 5.92 Å². The van der Waals surface area contributed by atoms with Gasteiger partial charge in [-0.3, -0.25) is 4.57 Å². The van der Waals surface area contributed by atoms with E-state index in [-0.39, 0.29) is 0 Å². The zero-order valence-corrected chi connectivity index (χ0v) is 11.8. The molecule has 0 saturated carbocycles. The fraction of sp³-hybridized carbons (Fsp3) is 0.357. The molecule has 2 aromatic heterocycles. The minimum Gasteiger partial charge on any atom is -0.370 e. The monoisotopic (exact) mass is 272 g/mol. The Kier molecular flexibility index (Phi) is 4.70. The van der Waals surface area contributed by atoms with Gasteiger partial charge in [0.2, 0.25) is 0 Å². The van der Waals surface area contributed by atoms with E-state index < -0.39 is 0 Å². The van der Waals surface area contributed by atoms with Gasteiger partial charge in [-0.05, 0) is 12.0 Å². The van der Waals surface area contributed by atoms with Crippen molar-refractivity contribution < 1.29 is 0 Å². The van der Waals surface area contributed by atoms with Crippen LogP contribution in [0.4, 0.5) is 0 Å². The molecule has 0 unspecified atom stereocenters. The Bertz CT molecular complexity index is 559. The molecule has 20 heavy (non-hydrogen) atoms. The Morgan fingerprint density at radius 2 is 2.30 bits per heavy atom. The lowest BCUT2D eigenvalue weighted by Gasteiger charge is -2.09. The molecule has 6 nitrogen and oxygen atoms in total. The number of nitrogens with two attached hydrogens (primary N) is 1. The molecule has 2 rings (SSSR count). The SMILES string of the molecule is CC(C)CNC(N)=NCc1cccnc1-n1ccnc1. The summed E-state index contributed by atoms with van der Waals surface area (Å²) in [6.07, 6.45) is 7.05. The van der Waals surface area contributed by atoms with Crippen molar-refractivity contribution in [3.8, 4) is 5.82 Å². The Balaban J connectivity index is 2.08. The maximum atomic E-state index is 5.84. The van der Waals surface area contributed by atoms with Crippen LogP contribution in [0.5, 0.6) is 0 Å². The molecule has 106 valence electrons. The van der Waals surface area contributed by atoms with Crippen molar-refractivity contribution in [1.29, 1.82) is 0 Å². The molecule has 0 saturated heterocycles. The molecular weight excluding hydrogens is 252 g/mol. The molecule has 0 spiro atoms. The van der Waals surface area contributed by atoms with Gasteiger partial charge in [0.15, 0.2) is 5.96 Å². The molecule has 0 aromatic carbocycles. The van der Waals surface area contributed by atoms with E-state index in [9.17, 15) is 0 Å². The van der Waals surface area contributed by atoms with Crippen molar-refractivity contribution in [3.63, 3.8) is 0 Å². The number of hydrogen-bond donors (Lipinski definition) is 2. The minimum atomic E-state index is 0.458. The molecule has 0 aliphatic rings. The zero-order valence-electron chi connectivity index (χ0n) is 11.8. The average Bonchev–Trinajstić information content (AvgIpc) is 2.97. The number of hydrogen-bond acceptors (Lipinski definition) is 3. The minimum absolute atomic E-state index is 0.458. The van der Waals surface area contributed by atoms with Crippen LogP contribution in [-0.4, -0.2) is 27.0 Å². The smallest absolute Gasteiger partial charge is 0.188 e. The second-order valence-corrected chi connectivity index (χ2v) is 4.93. The van der Waals surface area contributed by atoms with Crippen LogP contribution < -0.4 is 11.1 Å². The van der Waals surface area contributed by atoms with E-state index in [2.05, 4.69) is 34.1 Å². The third kappa shape index (κ3) is 3.81. The van der Waals surface area contributed by atoms with Crippen LogP contribution in [0.2, 0.25) is 0 Å². The summed E-state index contributed by atoms with van der Waals surface area (Å²) in [7, 11) is 0. The maximum absolute atomic E-state index is 5.84. The van der Waals surface area contributed by atoms with E-state index >= 15 is 0 Å². The Morgan fingerprint density at radius 3 is 3.00 bits per heavy atom. The highest BCUT2D eigenvalue weighted by Gasteiger charge is 2.04. The largest absolute Gasteiger partial charge is 0.370 e. The molecule has 3 N–H and O–H groups in total. The van der Waals surface area contributed by atoms with Crippen molar-refractivity contribution in [3.05, 3.63) is 42.6 Å². The van der Waals surface area contributed by atoms with E-state index in [0.717, 1.165) is 17.9 Å². The van der Waals surface area contributed by atoms with Gasteiger partial charge in [-0.2, -0.15) is 0 Å². The van der Waals surface area contributed by atoms with Gasteiger partial charge < -0.3 is 11.1 Å². The van der Waals surface area contributed by atoms with Crippen molar-refractivity contribution in [2.45, 2.75) is 20.4 Å². The van der Waals surface area contributed by atoms with E-state index in [1.54, 1.807) is 18.7 Å². The first-order valence-electron chi connectivity index (χ1n) is 6.63. The number of aliphatic imine (C=N–C) groups is 1. The third-order valence-corrected chi connectivity index (χ3v) is 2.73. The van der Waals surface area contributed by atoms with Gasteiger partial charge >= 0.3 is 0 Å². The molecule has 2 heterocycles. The standard InChI is InChI=1S/C14H20N6/c1-11(2)8-18-14(15)19-9-12-4-3-5-17-13(12)20-7-6-16-10-20/h3-7,10-11H,8-9H2,1-2H3,(H3,15,18,19). The van der Waals surface area contributed by atoms with Crippen LogP contribution in [0.3, 0.4) is 0 Å². The van der Waals surface area contributed by atoms with Crippen LogP contribution >= 0.6 is 0 Å². The van der Waals surface area contributed by atoms with Crippen LogP contribution in [0.15, 0.2) is 42.0 Å². The van der Waals surface area contributed by atoms with Gasteiger partial charge in [-0.25, -0.2) is 15.0 Å². The number of guanidine groups is 1. The molecule has 0 atom stereocenters. The number of aromatic nitrogens is 3. The normalized spacial score (nSPS) is 11.8. The van der Waals surface area contributed by atoms with E-state index in [4.69, 9.17) is 5.73 Å². The first-order chi connectivity index (χ1) is 9.66. The topological polar surface area (TPSA) is 81.1 Å². The lowest BCUT2D eigenvalue weighted by molar-refractivity contribution is 0.622. The van der Waals surface area contributed by atoms with Gasteiger partial charge in [-0.15, -0.1) is 0 Å². The number of imidazole rings is 1. The highest BCUT2D eigenvalue weighted by Crippen LogP contribution is 2.11. The molecule has 0 amide bonds. The van der Waals surface area contributed by atoms with Crippen molar-refractivity contribution >= 4 is 5.96 Å². The Labute approximate surface area is 118 Å². The predicted octanol–water partition coefficient (Wildman–Crippen LogP) is 1.33. The first-order valence-corrected chi connectivity index (χ1v) is 6.63. The van der Waals surface area contributed by atoms with Gasteiger partial charge in [0.1, 0.15) is 12.1 Å². The van der Waals surface area contributed by atoms with Crippen LogP contribution in [-0.2, 0) is 6.54 Å². The molecular formula is C14H20N6. The summed E-state index contributed by atoms with van der Waals surface area (Å²) < 4.78 is 1.86. The van der Waals surface area contributed by atoms with Gasteiger partial charge in [-0.1, -0.05) is 19.9 Å². The van der Waals surface area contributed by atoms with Crippen LogP contribution in [0.25, 0.3) is 5.82 Å². The average molecular weight is 272 g/mol. The fourth-order valence-corrected chi connectivity index (χ4v) is 1.71. The maximum Gasteiger partial charge on any atom is 0.188 e. The van der Waals surface area contributed by atoms with Crippen LogP contribution in [0.1, 0.15) is 19.4 Å². The van der Waals surface area contributed by atoms with Crippen molar-refractivity contribution in [2.75, 3.05) is 6.54 Å². The third-order valence-electron chi connectivity index (χ3n) is 2.73. The number of nitrogens with one attached hydrogen (secondary N) is 1. The summed E-state index contributed by atoms with van der Waals surface area (Å²) in [6.45, 7) is 5.55. The number of pyridine rings is 1. The molecule has 0 fully saturated rings. The fourth-order valence-electron chi connectivity index (χ4n) is 1.71. The molecule has 2 aromatic rings. The lowest BCUT2D eigenvalue weighted by Crippen LogP contribution is -2.34. The number of nitrogens with zero attached hydrogens (tertiary/aromatic N) is 4. The molecule has 6 heteroatoms. The van der Waals surface area contributed by atoms with Gasteiger partial charge in [0.25, 0.3) is 0 Å². The summed E-state index contributed by atoms with van der Waals surface area (Å²) in [6, 6.07) is 3.88. The summed E-state index contributed by atoms with van der Waals surface area (Å²) in [5.41, 5.74) is 6.84. The molecule has 0 bridgehead atoms. The summed E-state index contributed by atoms with van der Waals surface area (Å²) in [4.78, 5) is 12.7. The Hall–Kier alpha value is -2.37. The van der Waals surface area contributed by atoms with E-state index in [1.165, 1.54) is 0 Å². The van der Waals surface area contributed by atoms with E-state index in [1.807, 2.05) is 22.9 Å². The van der Waals surface area contributed by atoms with Gasteiger partial charge in [0.05, 0.1) is 6.54 Å². The molecule has 0 aliphatic heterocycles. The Morgan fingerprint density at radius 1 is 1.45 bits per heavy atom. The summed E-state index contributed by atoms with van der Waals surface area (Å²) in [5, 5.41) is 3.09. The first kappa shape index (κ1) is 14.0. The zero-order chi connectivity index (χ0) is 14.4. The van der Waals surface area contributed by atoms with Gasteiger partial charge in [0, 0.05) is 30.7 Å².